The van der Waals surface area contributed by atoms with Gasteiger partial charge in [0, 0.05) is 28.6 Å². The Kier molecular flexibility index (Phi) is 6.27. The Morgan fingerprint density at radius 3 is 2.60 bits per heavy atom. The van der Waals surface area contributed by atoms with Crippen LogP contribution in [0.5, 0.6) is 0 Å². The van der Waals surface area contributed by atoms with E-state index in [9.17, 15) is 4.39 Å². The van der Waals surface area contributed by atoms with E-state index in [1.807, 2.05) is 23.9 Å². The van der Waals surface area contributed by atoms with E-state index in [4.69, 9.17) is 16.9 Å². The van der Waals surface area contributed by atoms with Crippen LogP contribution in [0.4, 0.5) is 10.1 Å². The number of nitriles is 1. The van der Waals surface area contributed by atoms with E-state index in [0.717, 1.165) is 41.2 Å². The van der Waals surface area contributed by atoms with Crippen molar-refractivity contribution in [2.75, 3.05) is 18.0 Å². The van der Waals surface area contributed by atoms with Crippen LogP contribution in [0.15, 0.2) is 41.3 Å². The van der Waals surface area contributed by atoms with Gasteiger partial charge in [0.25, 0.3) is 0 Å². The predicted molar refractivity (Wildman–Crippen MR) is 106 cm³/mol. The Bertz CT molecular complexity index is 800. The summed E-state index contributed by atoms with van der Waals surface area (Å²) in [6.45, 7) is 1.61. The minimum Gasteiger partial charge on any atom is -0.369 e. The zero-order chi connectivity index (χ0) is 17.8. The summed E-state index contributed by atoms with van der Waals surface area (Å²) in [4.78, 5) is 3.16. The maximum absolute atomic E-state index is 14.2. The maximum Gasteiger partial charge on any atom is 0.147 e. The summed E-state index contributed by atoms with van der Waals surface area (Å²) in [6, 6.07) is 12.8. The smallest absolute Gasteiger partial charge is 0.147 e. The minimum absolute atomic E-state index is 0.321. The van der Waals surface area contributed by atoms with Gasteiger partial charge >= 0.3 is 0 Å². The van der Waals surface area contributed by atoms with E-state index >= 15 is 0 Å². The molecule has 0 spiro atoms. The minimum atomic E-state index is -0.321. The van der Waals surface area contributed by atoms with Gasteiger partial charge in [-0.1, -0.05) is 33.6 Å². The molecule has 2 aromatic carbocycles. The van der Waals surface area contributed by atoms with Crippen LogP contribution in [-0.2, 0) is 5.33 Å². The van der Waals surface area contributed by atoms with Crippen molar-refractivity contribution in [1.82, 2.24) is 0 Å². The fourth-order valence-electron chi connectivity index (χ4n) is 2.95. The highest BCUT2D eigenvalue weighted by atomic mass is 79.9. The molecule has 3 rings (SSSR count). The normalized spacial score (nSPS) is 15.2. The van der Waals surface area contributed by atoms with Crippen molar-refractivity contribution in [3.05, 3.63) is 58.4 Å². The number of thioether (sulfide) groups is 1. The fraction of sp³-hybridized carbons (Fsp3) is 0.316. The van der Waals surface area contributed by atoms with Crippen molar-refractivity contribution in [2.45, 2.75) is 28.3 Å². The number of benzene rings is 2. The molecule has 0 aromatic heterocycles. The first kappa shape index (κ1) is 18.6. The van der Waals surface area contributed by atoms with Crippen LogP contribution in [0.1, 0.15) is 24.0 Å². The molecular weight excluding hydrogens is 423 g/mol. The lowest BCUT2D eigenvalue weighted by Gasteiger charge is -2.33. The average molecular weight is 440 g/mol. The molecule has 0 atom stereocenters. The molecule has 1 aliphatic heterocycles. The Labute approximate surface area is 165 Å². The molecule has 2 nitrogen and oxygen atoms in total. The fourth-order valence-corrected chi connectivity index (χ4v) is 4.76. The number of hydrogen-bond donors (Lipinski definition) is 0. The average Bonchev–Trinajstić information content (AvgIpc) is 2.64. The van der Waals surface area contributed by atoms with Crippen molar-refractivity contribution >= 4 is 45.0 Å². The first-order chi connectivity index (χ1) is 12.1. The lowest BCUT2D eigenvalue weighted by atomic mass is 10.1. The van der Waals surface area contributed by atoms with Gasteiger partial charge in [0.15, 0.2) is 0 Å². The van der Waals surface area contributed by atoms with E-state index in [1.54, 1.807) is 12.1 Å². The Morgan fingerprint density at radius 1 is 1.24 bits per heavy atom. The molecular formula is C19H17BrClFN2S. The number of piperidine rings is 1. The van der Waals surface area contributed by atoms with E-state index < -0.39 is 0 Å². The Balaban J connectivity index is 1.61. The van der Waals surface area contributed by atoms with Crippen LogP contribution in [0.2, 0.25) is 5.02 Å². The summed E-state index contributed by atoms with van der Waals surface area (Å²) in [5, 5.41) is 10.9. The van der Waals surface area contributed by atoms with Crippen LogP contribution >= 0.6 is 39.3 Å². The molecule has 0 unspecified atom stereocenters. The highest BCUT2D eigenvalue weighted by Crippen LogP contribution is 2.36. The van der Waals surface area contributed by atoms with Crippen molar-refractivity contribution in [1.29, 1.82) is 5.26 Å². The van der Waals surface area contributed by atoms with Gasteiger partial charge in [0.2, 0.25) is 0 Å². The Morgan fingerprint density at radius 2 is 2.00 bits per heavy atom. The van der Waals surface area contributed by atoms with Gasteiger partial charge < -0.3 is 4.90 Å². The topological polar surface area (TPSA) is 27.0 Å². The zero-order valence-electron chi connectivity index (χ0n) is 13.5. The molecule has 2 aromatic rings. The number of nitrogens with zero attached hydrogens (tertiary/aromatic N) is 2. The molecule has 1 saturated heterocycles. The maximum atomic E-state index is 14.2. The predicted octanol–water partition coefficient (Wildman–Crippen LogP) is 6.01. The highest BCUT2D eigenvalue weighted by molar-refractivity contribution is 9.08. The third-order valence-electron chi connectivity index (χ3n) is 4.30. The van der Waals surface area contributed by atoms with Crippen molar-refractivity contribution in [3.8, 4) is 6.07 Å². The van der Waals surface area contributed by atoms with Gasteiger partial charge in [-0.15, -0.1) is 11.8 Å². The molecule has 0 bridgehead atoms. The van der Waals surface area contributed by atoms with E-state index in [0.29, 0.717) is 16.5 Å². The second-order valence-electron chi connectivity index (χ2n) is 5.98. The molecule has 6 heteroatoms. The molecule has 0 radical (unpaired) electrons. The first-order valence-corrected chi connectivity index (χ1v) is 10.4. The molecule has 0 N–H and O–H groups in total. The number of hydrogen-bond acceptors (Lipinski definition) is 3. The number of rotatable bonds is 4. The van der Waals surface area contributed by atoms with E-state index in [1.165, 1.54) is 11.6 Å². The number of alkyl halides is 1. The lowest BCUT2D eigenvalue weighted by molar-refractivity contribution is 0.566. The SMILES string of the molecule is N#Cc1ccc(N2CCC(Sc3ccc(CBr)cc3Cl)CC2)c(F)c1. The first-order valence-electron chi connectivity index (χ1n) is 8.06. The summed E-state index contributed by atoms with van der Waals surface area (Å²) in [5.74, 6) is -0.321. The number of halogens is 3. The number of anilines is 1. The molecule has 0 saturated carbocycles. The van der Waals surface area contributed by atoms with Crippen molar-refractivity contribution < 1.29 is 4.39 Å². The van der Waals surface area contributed by atoms with Crippen molar-refractivity contribution in [3.63, 3.8) is 0 Å². The van der Waals surface area contributed by atoms with E-state index in [-0.39, 0.29) is 5.82 Å². The van der Waals surface area contributed by atoms with Crippen LogP contribution < -0.4 is 4.90 Å². The zero-order valence-corrected chi connectivity index (χ0v) is 16.7. The summed E-state index contributed by atoms with van der Waals surface area (Å²) in [5.41, 5.74) is 2.11. The summed E-state index contributed by atoms with van der Waals surface area (Å²) in [6.07, 6.45) is 1.95. The second kappa shape index (κ2) is 8.44. The summed E-state index contributed by atoms with van der Waals surface area (Å²) in [7, 11) is 0. The third-order valence-corrected chi connectivity index (χ3v) is 6.79. The van der Waals surface area contributed by atoms with Gasteiger partial charge in [-0.2, -0.15) is 5.26 Å². The molecule has 0 amide bonds. The van der Waals surface area contributed by atoms with Gasteiger partial charge in [0.1, 0.15) is 5.82 Å². The van der Waals surface area contributed by atoms with Crippen LogP contribution in [0, 0.1) is 17.1 Å². The molecule has 1 fully saturated rings. The van der Waals surface area contributed by atoms with Gasteiger partial charge in [0.05, 0.1) is 22.3 Å². The molecule has 1 aliphatic rings. The van der Waals surface area contributed by atoms with Crippen LogP contribution in [0.3, 0.4) is 0 Å². The molecule has 1 heterocycles. The van der Waals surface area contributed by atoms with Gasteiger partial charge in [-0.05, 0) is 48.7 Å². The van der Waals surface area contributed by atoms with E-state index in [2.05, 4.69) is 33.0 Å². The van der Waals surface area contributed by atoms with Gasteiger partial charge in [-0.25, -0.2) is 4.39 Å². The molecule has 0 aliphatic carbocycles. The second-order valence-corrected chi connectivity index (χ2v) is 8.29. The lowest BCUT2D eigenvalue weighted by Crippen LogP contribution is -2.35. The summed E-state index contributed by atoms with van der Waals surface area (Å²) < 4.78 is 14.2. The van der Waals surface area contributed by atoms with Crippen molar-refractivity contribution in [2.24, 2.45) is 0 Å². The molecule has 130 valence electrons. The highest BCUT2D eigenvalue weighted by Gasteiger charge is 2.23. The third kappa shape index (κ3) is 4.49. The Hall–Kier alpha value is -1.22. The molecule has 25 heavy (non-hydrogen) atoms. The van der Waals surface area contributed by atoms with Gasteiger partial charge in [-0.3, -0.25) is 0 Å². The standard InChI is InChI=1S/C19H17BrClFN2S/c20-11-13-2-4-19(16(21)9-13)25-15-5-7-24(8-6-15)18-3-1-14(12-23)10-17(18)22/h1-4,9-10,15H,5-8,11H2. The summed E-state index contributed by atoms with van der Waals surface area (Å²) >= 11 is 11.6. The largest absolute Gasteiger partial charge is 0.369 e. The quantitative estimate of drug-likeness (QED) is 0.546. The van der Waals surface area contributed by atoms with Crippen LogP contribution in [0.25, 0.3) is 0 Å². The van der Waals surface area contributed by atoms with Crippen LogP contribution in [-0.4, -0.2) is 18.3 Å². The monoisotopic (exact) mass is 438 g/mol.